The monoisotopic (exact) mass is 193 g/mol. The number of aromatic carboxylic acids is 1. The number of aromatic nitrogens is 1. The Morgan fingerprint density at radius 3 is 2.93 bits per heavy atom. The first-order valence-corrected chi connectivity index (χ1v) is 4.62. The average Bonchev–Trinajstić information content (AvgIpc) is 2.12. The molecule has 0 amide bonds. The molecule has 0 radical (unpaired) electrons. The van der Waals surface area contributed by atoms with Crippen molar-refractivity contribution in [2.75, 3.05) is 0 Å². The Kier molecular flexibility index (Phi) is 2.35. The fourth-order valence-corrected chi connectivity index (χ4v) is 1.27. The molecule has 0 spiro atoms. The van der Waals surface area contributed by atoms with Crippen LogP contribution in [0.1, 0.15) is 29.6 Å². The number of ether oxygens (including phenoxy) is 1. The topological polar surface area (TPSA) is 59.4 Å². The zero-order valence-electron chi connectivity index (χ0n) is 7.64. The second-order valence-corrected chi connectivity index (χ2v) is 3.36. The Labute approximate surface area is 81.5 Å². The molecule has 2 rings (SSSR count). The molecule has 0 aromatic carbocycles. The molecule has 1 aromatic heterocycles. The Hall–Kier alpha value is -1.58. The molecule has 1 aromatic rings. The van der Waals surface area contributed by atoms with E-state index >= 15 is 0 Å². The minimum atomic E-state index is -0.953. The summed E-state index contributed by atoms with van der Waals surface area (Å²) in [4.78, 5) is 14.6. The van der Waals surface area contributed by atoms with E-state index in [1.807, 2.05) is 0 Å². The van der Waals surface area contributed by atoms with E-state index in [0.29, 0.717) is 5.88 Å². The maximum atomic E-state index is 10.6. The maximum Gasteiger partial charge on any atom is 0.335 e. The van der Waals surface area contributed by atoms with Gasteiger partial charge < -0.3 is 9.84 Å². The van der Waals surface area contributed by atoms with E-state index in [2.05, 4.69) is 4.98 Å². The third-order valence-electron chi connectivity index (χ3n) is 2.32. The van der Waals surface area contributed by atoms with Crippen LogP contribution in [0, 0.1) is 0 Å². The average molecular weight is 193 g/mol. The predicted octanol–water partition coefficient (Wildman–Crippen LogP) is 1.71. The number of carboxylic acid groups (broad SMARTS) is 1. The van der Waals surface area contributed by atoms with E-state index in [9.17, 15) is 4.79 Å². The van der Waals surface area contributed by atoms with Crippen LogP contribution in [0.5, 0.6) is 5.88 Å². The highest BCUT2D eigenvalue weighted by Crippen LogP contribution is 2.24. The van der Waals surface area contributed by atoms with Crippen molar-refractivity contribution in [3.05, 3.63) is 23.9 Å². The van der Waals surface area contributed by atoms with Crippen molar-refractivity contribution in [3.8, 4) is 5.88 Å². The summed E-state index contributed by atoms with van der Waals surface area (Å²) in [6.45, 7) is 0. The van der Waals surface area contributed by atoms with Gasteiger partial charge in [-0.2, -0.15) is 0 Å². The standard InChI is InChI=1S/C10H11NO3/c12-10(13)7-4-5-11-9(6-7)14-8-2-1-3-8/h4-6,8H,1-3H2,(H,12,13). The first-order valence-electron chi connectivity index (χ1n) is 4.62. The van der Waals surface area contributed by atoms with Crippen molar-refractivity contribution in [1.29, 1.82) is 0 Å². The molecule has 0 unspecified atom stereocenters. The van der Waals surface area contributed by atoms with Gasteiger partial charge in [0.05, 0.1) is 5.56 Å². The van der Waals surface area contributed by atoms with Gasteiger partial charge in [-0.15, -0.1) is 0 Å². The number of hydrogen-bond donors (Lipinski definition) is 1. The van der Waals surface area contributed by atoms with Gasteiger partial charge in [0.2, 0.25) is 5.88 Å². The molecular formula is C10H11NO3. The smallest absolute Gasteiger partial charge is 0.335 e. The summed E-state index contributed by atoms with van der Waals surface area (Å²) in [7, 11) is 0. The highest BCUT2D eigenvalue weighted by molar-refractivity contribution is 5.87. The summed E-state index contributed by atoms with van der Waals surface area (Å²) >= 11 is 0. The van der Waals surface area contributed by atoms with Crippen molar-refractivity contribution >= 4 is 5.97 Å². The van der Waals surface area contributed by atoms with Crippen LogP contribution in [0.2, 0.25) is 0 Å². The van der Waals surface area contributed by atoms with Crippen molar-refractivity contribution < 1.29 is 14.6 Å². The van der Waals surface area contributed by atoms with Gasteiger partial charge in [0, 0.05) is 12.3 Å². The molecule has 1 N–H and O–H groups in total. The molecule has 74 valence electrons. The van der Waals surface area contributed by atoms with Crippen molar-refractivity contribution in [2.24, 2.45) is 0 Å². The molecule has 4 nitrogen and oxygen atoms in total. The van der Waals surface area contributed by atoms with E-state index in [0.717, 1.165) is 12.8 Å². The van der Waals surface area contributed by atoms with Gasteiger partial charge in [-0.05, 0) is 25.3 Å². The van der Waals surface area contributed by atoms with Crippen LogP contribution < -0.4 is 4.74 Å². The Morgan fingerprint density at radius 1 is 1.57 bits per heavy atom. The number of rotatable bonds is 3. The van der Waals surface area contributed by atoms with Crippen LogP contribution in [0.25, 0.3) is 0 Å². The highest BCUT2D eigenvalue weighted by atomic mass is 16.5. The second kappa shape index (κ2) is 3.65. The van der Waals surface area contributed by atoms with Crippen molar-refractivity contribution in [1.82, 2.24) is 4.98 Å². The van der Waals surface area contributed by atoms with E-state index in [-0.39, 0.29) is 11.7 Å². The fourth-order valence-electron chi connectivity index (χ4n) is 1.27. The number of carbonyl (C=O) groups is 1. The molecule has 4 heteroatoms. The second-order valence-electron chi connectivity index (χ2n) is 3.36. The third kappa shape index (κ3) is 1.84. The lowest BCUT2D eigenvalue weighted by atomic mass is 9.96. The minimum absolute atomic E-state index is 0.217. The van der Waals surface area contributed by atoms with Gasteiger partial charge in [0.25, 0.3) is 0 Å². The molecule has 1 heterocycles. The van der Waals surface area contributed by atoms with Crippen LogP contribution in [0.3, 0.4) is 0 Å². The maximum absolute atomic E-state index is 10.6. The fraction of sp³-hybridized carbons (Fsp3) is 0.400. The van der Waals surface area contributed by atoms with Crippen LogP contribution >= 0.6 is 0 Å². The van der Waals surface area contributed by atoms with Crippen LogP contribution in [-0.4, -0.2) is 22.2 Å². The predicted molar refractivity (Wildman–Crippen MR) is 49.5 cm³/mol. The first-order chi connectivity index (χ1) is 6.75. The van der Waals surface area contributed by atoms with Gasteiger partial charge in [0.1, 0.15) is 6.10 Å². The van der Waals surface area contributed by atoms with Gasteiger partial charge in [0.15, 0.2) is 0 Å². The Bertz CT molecular complexity index is 347. The van der Waals surface area contributed by atoms with Crippen LogP contribution in [-0.2, 0) is 0 Å². The summed E-state index contributed by atoms with van der Waals surface area (Å²) in [5, 5.41) is 8.73. The number of pyridine rings is 1. The molecule has 1 fully saturated rings. The summed E-state index contributed by atoms with van der Waals surface area (Å²) in [5.74, 6) is -0.541. The van der Waals surface area contributed by atoms with E-state index in [1.165, 1.54) is 24.8 Å². The Morgan fingerprint density at radius 2 is 2.36 bits per heavy atom. The van der Waals surface area contributed by atoms with Crippen LogP contribution in [0.4, 0.5) is 0 Å². The van der Waals surface area contributed by atoms with E-state index in [4.69, 9.17) is 9.84 Å². The molecule has 1 aliphatic carbocycles. The summed E-state index contributed by atoms with van der Waals surface area (Å²) < 4.78 is 5.47. The zero-order valence-corrected chi connectivity index (χ0v) is 7.64. The minimum Gasteiger partial charge on any atom is -0.478 e. The molecule has 1 saturated carbocycles. The largest absolute Gasteiger partial charge is 0.478 e. The quantitative estimate of drug-likeness (QED) is 0.793. The SMILES string of the molecule is O=C(O)c1ccnc(OC2CCC2)c1. The number of nitrogens with zero attached hydrogens (tertiary/aromatic N) is 1. The molecular weight excluding hydrogens is 182 g/mol. The van der Waals surface area contributed by atoms with E-state index in [1.54, 1.807) is 0 Å². The molecule has 1 aliphatic rings. The zero-order chi connectivity index (χ0) is 9.97. The molecule has 0 atom stereocenters. The molecule has 0 bridgehead atoms. The summed E-state index contributed by atoms with van der Waals surface area (Å²) in [5.41, 5.74) is 0.217. The number of hydrogen-bond acceptors (Lipinski definition) is 3. The molecule has 0 aliphatic heterocycles. The van der Waals surface area contributed by atoms with Gasteiger partial charge in [-0.1, -0.05) is 0 Å². The first kappa shape index (κ1) is 8.99. The van der Waals surface area contributed by atoms with Gasteiger partial charge in [-0.3, -0.25) is 0 Å². The van der Waals surface area contributed by atoms with Gasteiger partial charge >= 0.3 is 5.97 Å². The lowest BCUT2D eigenvalue weighted by Gasteiger charge is -2.25. The summed E-state index contributed by atoms with van der Waals surface area (Å²) in [6, 6.07) is 2.91. The van der Waals surface area contributed by atoms with Gasteiger partial charge in [-0.25, -0.2) is 9.78 Å². The lowest BCUT2D eigenvalue weighted by molar-refractivity contribution is 0.0694. The third-order valence-corrected chi connectivity index (χ3v) is 2.32. The summed E-state index contributed by atoms with van der Waals surface area (Å²) in [6.07, 6.45) is 4.95. The van der Waals surface area contributed by atoms with Crippen LogP contribution in [0.15, 0.2) is 18.3 Å². The molecule has 14 heavy (non-hydrogen) atoms. The van der Waals surface area contributed by atoms with E-state index < -0.39 is 5.97 Å². The highest BCUT2D eigenvalue weighted by Gasteiger charge is 2.19. The van der Waals surface area contributed by atoms with Crippen molar-refractivity contribution in [2.45, 2.75) is 25.4 Å². The normalized spacial score (nSPS) is 16.0. The molecule has 0 saturated heterocycles. The lowest BCUT2D eigenvalue weighted by Crippen LogP contribution is -2.25. The number of carboxylic acids is 1. The Balaban J connectivity index is 2.09. The van der Waals surface area contributed by atoms with Crippen molar-refractivity contribution in [3.63, 3.8) is 0 Å².